The molecule has 0 amide bonds. The van der Waals surface area contributed by atoms with Crippen LogP contribution in [0.5, 0.6) is 0 Å². The first kappa shape index (κ1) is 11.5. The molecule has 1 aliphatic carbocycles. The van der Waals surface area contributed by atoms with Gasteiger partial charge in [-0.3, -0.25) is 0 Å². The van der Waals surface area contributed by atoms with Gasteiger partial charge in [0.15, 0.2) is 0 Å². The molecule has 1 heterocycles. The fourth-order valence-corrected chi connectivity index (χ4v) is 2.76. The number of fused-ring (bicyclic) bond motifs is 1. The van der Waals surface area contributed by atoms with Crippen LogP contribution in [0.4, 0.5) is 0 Å². The van der Waals surface area contributed by atoms with Crippen LogP contribution in [0.1, 0.15) is 41.3 Å². The van der Waals surface area contributed by atoms with Crippen LogP contribution in [-0.4, -0.2) is 9.78 Å². The van der Waals surface area contributed by atoms with E-state index in [1.165, 1.54) is 28.1 Å². The Labute approximate surface area is 108 Å². The van der Waals surface area contributed by atoms with Crippen molar-refractivity contribution < 1.29 is 0 Å². The van der Waals surface area contributed by atoms with Crippen molar-refractivity contribution in [1.82, 2.24) is 9.78 Å². The van der Waals surface area contributed by atoms with Crippen LogP contribution in [0.3, 0.4) is 0 Å². The highest BCUT2D eigenvalue weighted by atomic mass is 15.3. The lowest BCUT2D eigenvalue weighted by Gasteiger charge is -2.20. The van der Waals surface area contributed by atoms with Crippen molar-refractivity contribution in [3.63, 3.8) is 0 Å². The number of aromatic nitrogens is 2. The van der Waals surface area contributed by atoms with E-state index in [1.54, 1.807) is 0 Å². The molecule has 0 bridgehead atoms. The molecular weight excluding hydrogens is 222 g/mol. The van der Waals surface area contributed by atoms with Gasteiger partial charge in [0.2, 0.25) is 0 Å². The van der Waals surface area contributed by atoms with Gasteiger partial charge in [0.25, 0.3) is 0 Å². The Balaban J connectivity index is 2.16. The average molecular weight is 241 g/mol. The molecule has 3 rings (SSSR count). The lowest BCUT2D eigenvalue weighted by atomic mass is 9.93. The molecule has 0 spiro atoms. The van der Waals surface area contributed by atoms with Crippen LogP contribution in [0, 0.1) is 13.8 Å². The lowest BCUT2D eigenvalue weighted by molar-refractivity contribution is 0.557. The third kappa shape index (κ3) is 1.66. The van der Waals surface area contributed by atoms with E-state index in [9.17, 15) is 0 Å². The van der Waals surface area contributed by atoms with E-state index < -0.39 is 0 Å². The van der Waals surface area contributed by atoms with Gasteiger partial charge in [0.1, 0.15) is 0 Å². The predicted molar refractivity (Wildman–Crippen MR) is 72.9 cm³/mol. The molecule has 2 aromatic rings. The maximum absolute atomic E-state index is 6.15. The summed E-state index contributed by atoms with van der Waals surface area (Å²) < 4.78 is 2.08. The molecule has 2 N–H and O–H groups in total. The van der Waals surface area contributed by atoms with Crippen molar-refractivity contribution in [1.29, 1.82) is 0 Å². The molecule has 0 saturated heterocycles. The summed E-state index contributed by atoms with van der Waals surface area (Å²) in [6, 6.07) is 6.53. The minimum absolute atomic E-state index is 0.160. The second kappa shape index (κ2) is 4.25. The highest BCUT2D eigenvalue weighted by Gasteiger charge is 2.22. The summed E-state index contributed by atoms with van der Waals surface area (Å²) in [6.07, 6.45) is 5.26. The molecule has 94 valence electrons. The normalized spacial score (nSPS) is 18.7. The molecule has 1 aromatic heterocycles. The number of nitrogens with zero attached hydrogens (tertiary/aromatic N) is 2. The van der Waals surface area contributed by atoms with Gasteiger partial charge < -0.3 is 5.73 Å². The Morgan fingerprint density at radius 1 is 1.33 bits per heavy atom. The largest absolute Gasteiger partial charge is 0.324 e. The highest BCUT2D eigenvalue weighted by Crippen LogP contribution is 2.30. The van der Waals surface area contributed by atoms with Gasteiger partial charge in [0.05, 0.1) is 11.9 Å². The number of nitrogens with two attached hydrogens (primary N) is 1. The zero-order chi connectivity index (χ0) is 12.7. The van der Waals surface area contributed by atoms with E-state index in [-0.39, 0.29) is 6.04 Å². The third-order valence-electron chi connectivity index (χ3n) is 4.03. The maximum Gasteiger partial charge on any atom is 0.0680 e. The van der Waals surface area contributed by atoms with E-state index in [4.69, 9.17) is 5.73 Å². The van der Waals surface area contributed by atoms with Gasteiger partial charge >= 0.3 is 0 Å². The topological polar surface area (TPSA) is 43.8 Å². The number of hydrogen-bond donors (Lipinski definition) is 1. The van der Waals surface area contributed by atoms with Crippen molar-refractivity contribution in [3.8, 4) is 5.69 Å². The molecule has 1 aromatic carbocycles. The van der Waals surface area contributed by atoms with E-state index in [2.05, 4.69) is 41.8 Å². The van der Waals surface area contributed by atoms with Crippen LogP contribution < -0.4 is 5.73 Å². The number of aryl methyl sites for hydroxylation is 1. The first-order valence-corrected chi connectivity index (χ1v) is 6.57. The molecule has 3 heteroatoms. The van der Waals surface area contributed by atoms with Gasteiger partial charge in [0, 0.05) is 17.3 Å². The van der Waals surface area contributed by atoms with E-state index in [1.807, 2.05) is 6.20 Å². The molecule has 0 aliphatic heterocycles. The minimum atomic E-state index is 0.160. The average Bonchev–Trinajstić information content (AvgIpc) is 2.78. The van der Waals surface area contributed by atoms with Crippen molar-refractivity contribution in [3.05, 3.63) is 46.8 Å². The highest BCUT2D eigenvalue weighted by molar-refractivity contribution is 5.46. The van der Waals surface area contributed by atoms with Gasteiger partial charge in [-0.05, 0) is 50.3 Å². The zero-order valence-electron chi connectivity index (χ0n) is 11.0. The van der Waals surface area contributed by atoms with E-state index >= 15 is 0 Å². The van der Waals surface area contributed by atoms with E-state index in [0.717, 1.165) is 19.3 Å². The molecule has 3 nitrogen and oxygen atoms in total. The predicted octanol–water partition coefficient (Wildman–Crippen LogP) is 2.83. The lowest BCUT2D eigenvalue weighted by Crippen LogP contribution is -2.18. The van der Waals surface area contributed by atoms with Crippen molar-refractivity contribution in [2.45, 2.75) is 39.2 Å². The summed E-state index contributed by atoms with van der Waals surface area (Å²) in [5.74, 6) is 0. The van der Waals surface area contributed by atoms with Crippen LogP contribution in [0.2, 0.25) is 0 Å². The number of rotatable bonds is 1. The van der Waals surface area contributed by atoms with Gasteiger partial charge in [-0.2, -0.15) is 5.10 Å². The summed E-state index contributed by atoms with van der Waals surface area (Å²) in [4.78, 5) is 0. The first-order chi connectivity index (χ1) is 8.68. The molecule has 1 atom stereocenters. The van der Waals surface area contributed by atoms with Crippen LogP contribution in [0.25, 0.3) is 5.69 Å². The Bertz CT molecular complexity index is 583. The molecule has 1 aliphatic rings. The van der Waals surface area contributed by atoms with Crippen molar-refractivity contribution >= 4 is 0 Å². The van der Waals surface area contributed by atoms with Gasteiger partial charge in [-0.15, -0.1) is 0 Å². The van der Waals surface area contributed by atoms with Gasteiger partial charge in [-0.25, -0.2) is 4.68 Å². The standard InChI is InChI=1S/C15H19N3/c1-10-5-3-7-14(11(10)2)18-15-8-4-6-13(16)12(15)9-17-18/h3,5,7,9,13H,4,6,8,16H2,1-2H3. The monoisotopic (exact) mass is 241 g/mol. The summed E-state index contributed by atoms with van der Waals surface area (Å²) in [5, 5.41) is 4.56. The fraction of sp³-hybridized carbons (Fsp3) is 0.400. The quantitative estimate of drug-likeness (QED) is 0.834. The Morgan fingerprint density at radius 2 is 2.17 bits per heavy atom. The second-order valence-electron chi connectivity index (χ2n) is 5.18. The van der Waals surface area contributed by atoms with Crippen LogP contribution in [-0.2, 0) is 6.42 Å². The van der Waals surface area contributed by atoms with E-state index in [0.29, 0.717) is 0 Å². The molecule has 0 saturated carbocycles. The Hall–Kier alpha value is -1.61. The molecule has 0 radical (unpaired) electrons. The second-order valence-corrected chi connectivity index (χ2v) is 5.18. The zero-order valence-corrected chi connectivity index (χ0v) is 11.0. The smallest absolute Gasteiger partial charge is 0.0680 e. The van der Waals surface area contributed by atoms with Crippen molar-refractivity contribution in [2.24, 2.45) is 5.73 Å². The first-order valence-electron chi connectivity index (χ1n) is 6.57. The summed E-state index contributed by atoms with van der Waals surface area (Å²) >= 11 is 0. The molecule has 1 unspecified atom stereocenters. The fourth-order valence-electron chi connectivity index (χ4n) is 2.76. The molecular formula is C15H19N3. The summed E-state index contributed by atoms with van der Waals surface area (Å²) in [7, 11) is 0. The van der Waals surface area contributed by atoms with Gasteiger partial charge in [-0.1, -0.05) is 12.1 Å². The third-order valence-corrected chi connectivity index (χ3v) is 4.03. The summed E-state index contributed by atoms with van der Waals surface area (Å²) in [5.41, 5.74) is 12.5. The Kier molecular flexibility index (Phi) is 2.71. The van der Waals surface area contributed by atoms with Crippen molar-refractivity contribution in [2.75, 3.05) is 0 Å². The van der Waals surface area contributed by atoms with Crippen LogP contribution >= 0.6 is 0 Å². The van der Waals surface area contributed by atoms with Crippen LogP contribution in [0.15, 0.2) is 24.4 Å². The maximum atomic E-state index is 6.15. The molecule has 0 fully saturated rings. The Morgan fingerprint density at radius 3 is 3.00 bits per heavy atom. The number of benzene rings is 1. The minimum Gasteiger partial charge on any atom is -0.324 e. The number of hydrogen-bond acceptors (Lipinski definition) is 2. The molecule has 18 heavy (non-hydrogen) atoms. The summed E-state index contributed by atoms with van der Waals surface area (Å²) in [6.45, 7) is 4.29. The SMILES string of the molecule is Cc1cccc(-n2ncc3c2CCCC3N)c1C.